The second-order valence-electron chi connectivity index (χ2n) is 13.1. The molecule has 0 aromatic carbocycles. The van der Waals surface area contributed by atoms with Gasteiger partial charge >= 0.3 is 19.8 Å². The zero-order valence-electron chi connectivity index (χ0n) is 31.1. The molecule has 0 saturated heterocycles. The standard InChI is InChI=1S/C39H73O8P/c1-4-6-8-10-12-14-16-18-19-20-21-22-24-26-28-30-32-34-39(41)47-37(36-46-48(42,43)44-3)35-45-38(40)33-31-29-27-25-23-17-15-13-11-9-7-5-2/h12,14,18-19,37H,4-11,13,15-17,20-36H2,1-3H3,(H,42,43)/b14-12-,19-18-. The number of esters is 2. The molecule has 0 aliphatic heterocycles. The molecule has 282 valence electrons. The fourth-order valence-electron chi connectivity index (χ4n) is 5.39. The van der Waals surface area contributed by atoms with E-state index in [4.69, 9.17) is 14.0 Å². The van der Waals surface area contributed by atoms with Crippen LogP contribution in [0.4, 0.5) is 0 Å². The maximum Gasteiger partial charge on any atom is 0.472 e. The summed E-state index contributed by atoms with van der Waals surface area (Å²) in [6.45, 7) is 3.85. The number of ether oxygens (including phenoxy) is 2. The summed E-state index contributed by atoms with van der Waals surface area (Å²) in [5, 5.41) is 0. The van der Waals surface area contributed by atoms with Gasteiger partial charge in [0.25, 0.3) is 0 Å². The lowest BCUT2D eigenvalue weighted by Gasteiger charge is -2.19. The van der Waals surface area contributed by atoms with Crippen molar-refractivity contribution in [2.75, 3.05) is 20.3 Å². The molecule has 0 aliphatic rings. The molecule has 0 aromatic rings. The third kappa shape index (κ3) is 34.4. The Morgan fingerprint density at radius 1 is 0.583 bits per heavy atom. The van der Waals surface area contributed by atoms with E-state index in [1.807, 2.05) is 0 Å². The Bertz CT molecular complexity index is 844. The molecular formula is C39H73O8P. The molecular weight excluding hydrogens is 627 g/mol. The van der Waals surface area contributed by atoms with Gasteiger partial charge in [0.15, 0.2) is 6.10 Å². The average molecular weight is 701 g/mol. The van der Waals surface area contributed by atoms with Crippen LogP contribution in [0.2, 0.25) is 0 Å². The van der Waals surface area contributed by atoms with Crippen LogP contribution in [0.5, 0.6) is 0 Å². The molecule has 0 saturated carbocycles. The lowest BCUT2D eigenvalue weighted by Crippen LogP contribution is -2.29. The molecule has 0 amide bonds. The van der Waals surface area contributed by atoms with E-state index < -0.39 is 26.5 Å². The number of carbonyl (C=O) groups excluding carboxylic acids is 2. The van der Waals surface area contributed by atoms with Crippen LogP contribution in [-0.4, -0.2) is 43.3 Å². The molecule has 8 nitrogen and oxygen atoms in total. The first kappa shape index (κ1) is 46.5. The van der Waals surface area contributed by atoms with Gasteiger partial charge in [0.2, 0.25) is 0 Å². The van der Waals surface area contributed by atoms with Crippen LogP contribution >= 0.6 is 7.82 Å². The van der Waals surface area contributed by atoms with Crippen LogP contribution in [-0.2, 0) is 32.7 Å². The summed E-state index contributed by atoms with van der Waals surface area (Å²) in [6, 6.07) is 0. The number of unbranched alkanes of at least 4 members (excludes halogenated alkanes) is 21. The summed E-state index contributed by atoms with van der Waals surface area (Å²) >= 11 is 0. The third-order valence-electron chi connectivity index (χ3n) is 8.45. The maximum atomic E-state index is 12.5. The first-order valence-electron chi connectivity index (χ1n) is 19.5. The average Bonchev–Trinajstić information content (AvgIpc) is 3.07. The first-order valence-corrected chi connectivity index (χ1v) is 21.0. The molecule has 2 unspecified atom stereocenters. The van der Waals surface area contributed by atoms with Gasteiger partial charge in [-0.05, 0) is 44.9 Å². The van der Waals surface area contributed by atoms with Crippen LogP contribution in [0.1, 0.15) is 187 Å². The molecule has 0 heterocycles. The number of hydrogen-bond acceptors (Lipinski definition) is 7. The van der Waals surface area contributed by atoms with Crippen LogP contribution in [0, 0.1) is 0 Å². The van der Waals surface area contributed by atoms with Crippen LogP contribution in [0.25, 0.3) is 0 Å². The van der Waals surface area contributed by atoms with Gasteiger partial charge < -0.3 is 14.4 Å². The summed E-state index contributed by atoms with van der Waals surface area (Å²) in [5.41, 5.74) is 0. The SMILES string of the molecule is CCCCC/C=C\C/C=C\CCCCCCCCCC(=O)OC(COC(=O)CCCCCCCCCCCCCC)COP(=O)(O)OC. The molecule has 9 heteroatoms. The Morgan fingerprint density at radius 3 is 1.50 bits per heavy atom. The van der Waals surface area contributed by atoms with Crippen molar-refractivity contribution in [2.24, 2.45) is 0 Å². The molecule has 0 spiro atoms. The molecule has 0 aliphatic carbocycles. The second kappa shape index (κ2) is 35.4. The molecule has 48 heavy (non-hydrogen) atoms. The largest absolute Gasteiger partial charge is 0.472 e. The van der Waals surface area contributed by atoms with Gasteiger partial charge in [-0.1, -0.05) is 154 Å². The van der Waals surface area contributed by atoms with Gasteiger partial charge in [0.05, 0.1) is 6.61 Å². The van der Waals surface area contributed by atoms with E-state index in [1.165, 1.54) is 103 Å². The summed E-state index contributed by atoms with van der Waals surface area (Å²) < 4.78 is 31.9. The first-order chi connectivity index (χ1) is 23.3. The van der Waals surface area contributed by atoms with Gasteiger partial charge in [0.1, 0.15) is 6.61 Å². The van der Waals surface area contributed by atoms with Crippen molar-refractivity contribution in [3.63, 3.8) is 0 Å². The number of allylic oxidation sites excluding steroid dienone is 4. The second-order valence-corrected chi connectivity index (χ2v) is 14.6. The Balaban J connectivity index is 4.04. The number of phosphoric ester groups is 1. The topological polar surface area (TPSA) is 108 Å². The van der Waals surface area contributed by atoms with Crippen LogP contribution in [0.3, 0.4) is 0 Å². The smallest absolute Gasteiger partial charge is 0.462 e. The minimum atomic E-state index is -4.25. The number of hydrogen-bond donors (Lipinski definition) is 1. The van der Waals surface area contributed by atoms with E-state index in [9.17, 15) is 19.0 Å². The van der Waals surface area contributed by atoms with E-state index in [0.29, 0.717) is 12.8 Å². The van der Waals surface area contributed by atoms with Gasteiger partial charge in [-0.2, -0.15) is 0 Å². The van der Waals surface area contributed by atoms with Crippen molar-refractivity contribution >= 4 is 19.8 Å². The monoisotopic (exact) mass is 701 g/mol. The summed E-state index contributed by atoms with van der Waals surface area (Å²) in [5.74, 6) is -0.809. The lowest BCUT2D eigenvalue weighted by molar-refractivity contribution is -0.161. The van der Waals surface area contributed by atoms with Crippen molar-refractivity contribution in [3.05, 3.63) is 24.3 Å². The molecule has 2 atom stereocenters. The highest BCUT2D eigenvalue weighted by Gasteiger charge is 2.24. The van der Waals surface area contributed by atoms with Crippen LogP contribution < -0.4 is 0 Å². The zero-order valence-corrected chi connectivity index (χ0v) is 32.0. The minimum Gasteiger partial charge on any atom is -0.462 e. The summed E-state index contributed by atoms with van der Waals surface area (Å²) in [6.07, 6.45) is 37.9. The highest BCUT2D eigenvalue weighted by Crippen LogP contribution is 2.42. The van der Waals surface area contributed by atoms with Crippen LogP contribution in [0.15, 0.2) is 24.3 Å². The Morgan fingerprint density at radius 2 is 1.00 bits per heavy atom. The lowest BCUT2D eigenvalue weighted by atomic mass is 10.0. The molecule has 1 N–H and O–H groups in total. The third-order valence-corrected chi connectivity index (χ3v) is 9.39. The van der Waals surface area contributed by atoms with Crippen molar-refractivity contribution in [2.45, 2.75) is 193 Å². The van der Waals surface area contributed by atoms with Crippen molar-refractivity contribution < 1.29 is 37.6 Å². The number of phosphoric acid groups is 1. The normalized spacial score (nSPS) is 13.7. The van der Waals surface area contributed by atoms with E-state index in [2.05, 4.69) is 42.7 Å². The molecule has 0 rings (SSSR count). The fraction of sp³-hybridized carbons (Fsp3) is 0.846. The quantitative estimate of drug-likeness (QED) is 0.0298. The van der Waals surface area contributed by atoms with Crippen molar-refractivity contribution in [1.82, 2.24) is 0 Å². The van der Waals surface area contributed by atoms with E-state index in [1.54, 1.807) is 0 Å². The minimum absolute atomic E-state index is 0.225. The molecule has 0 radical (unpaired) electrons. The Labute approximate surface area is 294 Å². The summed E-state index contributed by atoms with van der Waals surface area (Å²) in [7, 11) is -3.20. The fourth-order valence-corrected chi connectivity index (χ4v) is 5.85. The summed E-state index contributed by atoms with van der Waals surface area (Å²) in [4.78, 5) is 34.3. The van der Waals surface area contributed by atoms with Gasteiger partial charge in [-0.3, -0.25) is 18.6 Å². The van der Waals surface area contributed by atoms with E-state index in [0.717, 1.165) is 58.5 Å². The Hall–Kier alpha value is -1.47. The highest BCUT2D eigenvalue weighted by atomic mass is 31.2. The molecule has 0 bridgehead atoms. The highest BCUT2D eigenvalue weighted by molar-refractivity contribution is 7.47. The molecule has 0 fully saturated rings. The van der Waals surface area contributed by atoms with Gasteiger partial charge in [-0.25, -0.2) is 4.57 Å². The Kier molecular flexibility index (Phi) is 34.3. The van der Waals surface area contributed by atoms with Gasteiger partial charge in [0, 0.05) is 20.0 Å². The van der Waals surface area contributed by atoms with Gasteiger partial charge in [-0.15, -0.1) is 0 Å². The molecule has 0 aromatic heterocycles. The van der Waals surface area contributed by atoms with Crippen molar-refractivity contribution in [1.29, 1.82) is 0 Å². The van der Waals surface area contributed by atoms with Crippen molar-refractivity contribution in [3.8, 4) is 0 Å². The predicted molar refractivity (Wildman–Crippen MR) is 198 cm³/mol. The van der Waals surface area contributed by atoms with E-state index >= 15 is 0 Å². The van der Waals surface area contributed by atoms with E-state index in [-0.39, 0.29) is 19.0 Å². The predicted octanol–water partition coefficient (Wildman–Crippen LogP) is 11.9. The maximum absolute atomic E-state index is 12.5. The number of rotatable bonds is 36. The zero-order chi connectivity index (χ0) is 35.4. The number of carbonyl (C=O) groups is 2.